The van der Waals surface area contributed by atoms with E-state index < -0.39 is 0 Å². The highest BCUT2D eigenvalue weighted by Gasteiger charge is 2.40. The van der Waals surface area contributed by atoms with E-state index in [4.69, 9.17) is 4.74 Å². The van der Waals surface area contributed by atoms with Crippen LogP contribution in [0.1, 0.15) is 52.9 Å². The zero-order chi connectivity index (χ0) is 25.8. The summed E-state index contributed by atoms with van der Waals surface area (Å²) in [7, 11) is 0. The lowest BCUT2D eigenvalue weighted by molar-refractivity contribution is 0.0855. The number of aromatic amines is 1. The first-order valence-corrected chi connectivity index (χ1v) is 13.1. The second-order valence-electron chi connectivity index (χ2n) is 10.1. The van der Waals surface area contributed by atoms with Gasteiger partial charge in [-0.3, -0.25) is 9.79 Å². The molecule has 6 nitrogen and oxygen atoms in total. The van der Waals surface area contributed by atoms with Crippen molar-refractivity contribution in [2.45, 2.75) is 37.5 Å². The zero-order valence-corrected chi connectivity index (χ0v) is 21.1. The standard InChI is InChI=1S/C32H30N4O2/c37-31(28-8-4-5-9-30(28)38-27-6-2-1-3-7-27)23-12-14-32(15-13-23,19-26-21-34-22-36-26)25-10-11-29-24(18-25)20-33-16-17-35-29/h1-11,16-18,20-23,35H,12-15,19H2,(H,34,36). The number of aliphatic imine (C=N–C) groups is 1. The number of hydrogen-bond donors (Lipinski definition) is 2. The molecule has 2 heterocycles. The number of para-hydroxylation sites is 2. The van der Waals surface area contributed by atoms with E-state index in [2.05, 4.69) is 38.5 Å². The molecule has 1 aromatic heterocycles. The van der Waals surface area contributed by atoms with Gasteiger partial charge < -0.3 is 15.0 Å². The Morgan fingerprint density at radius 2 is 1.82 bits per heavy atom. The van der Waals surface area contributed by atoms with Gasteiger partial charge in [-0.05, 0) is 67.6 Å². The number of rotatable bonds is 7. The van der Waals surface area contributed by atoms with Crippen molar-refractivity contribution >= 4 is 17.7 Å². The Labute approximate surface area is 222 Å². The second kappa shape index (κ2) is 10.5. The van der Waals surface area contributed by atoms with Crippen molar-refractivity contribution in [3.63, 3.8) is 0 Å². The van der Waals surface area contributed by atoms with Crippen LogP contribution in [0.3, 0.4) is 0 Å². The summed E-state index contributed by atoms with van der Waals surface area (Å²) < 4.78 is 6.11. The molecular weight excluding hydrogens is 472 g/mol. The molecule has 2 N–H and O–H groups in total. The van der Waals surface area contributed by atoms with Crippen LogP contribution in [0.25, 0.3) is 0 Å². The number of imidazole rings is 1. The molecule has 4 aromatic rings. The van der Waals surface area contributed by atoms with Crippen molar-refractivity contribution in [1.29, 1.82) is 0 Å². The van der Waals surface area contributed by atoms with Crippen molar-refractivity contribution in [1.82, 2.24) is 9.97 Å². The van der Waals surface area contributed by atoms with Gasteiger partial charge in [-0.1, -0.05) is 36.4 Å². The summed E-state index contributed by atoms with van der Waals surface area (Å²) in [5.74, 6) is 1.46. The fraction of sp³-hybridized carbons (Fsp3) is 0.219. The molecule has 6 rings (SSSR count). The lowest BCUT2D eigenvalue weighted by atomic mass is 9.63. The number of carbonyl (C=O) groups excluding carboxylic acids is 1. The quantitative estimate of drug-likeness (QED) is 0.265. The highest BCUT2D eigenvalue weighted by atomic mass is 16.5. The van der Waals surface area contributed by atoms with Crippen molar-refractivity contribution in [2.75, 3.05) is 5.32 Å². The number of H-pyrrole nitrogens is 1. The number of benzene rings is 3. The summed E-state index contributed by atoms with van der Waals surface area (Å²) in [4.78, 5) is 25.8. The molecule has 190 valence electrons. The Kier molecular flexibility index (Phi) is 6.61. The Morgan fingerprint density at radius 3 is 2.63 bits per heavy atom. The van der Waals surface area contributed by atoms with Gasteiger partial charge in [-0.2, -0.15) is 0 Å². The smallest absolute Gasteiger partial charge is 0.169 e. The first kappa shape index (κ1) is 23.9. The van der Waals surface area contributed by atoms with E-state index in [1.807, 2.05) is 73.2 Å². The first-order valence-electron chi connectivity index (χ1n) is 13.1. The molecule has 0 atom stereocenters. The number of hydrogen-bond acceptors (Lipinski definition) is 5. The fourth-order valence-electron chi connectivity index (χ4n) is 5.75. The Bertz CT molecular complexity index is 1470. The van der Waals surface area contributed by atoms with Gasteiger partial charge in [0, 0.05) is 53.8 Å². The van der Waals surface area contributed by atoms with Crippen LogP contribution in [0.4, 0.5) is 5.69 Å². The molecule has 1 aliphatic carbocycles. The van der Waals surface area contributed by atoms with Crippen LogP contribution in [-0.4, -0.2) is 22.0 Å². The minimum Gasteiger partial charge on any atom is -0.457 e. The number of Topliss-reactive ketones (excluding diaryl/α,β-unsaturated/α-hetero) is 1. The van der Waals surface area contributed by atoms with Crippen molar-refractivity contribution in [3.05, 3.63) is 120 Å². The van der Waals surface area contributed by atoms with E-state index >= 15 is 0 Å². The van der Waals surface area contributed by atoms with Crippen LogP contribution in [0.5, 0.6) is 11.5 Å². The third-order valence-corrected chi connectivity index (χ3v) is 7.79. The highest BCUT2D eigenvalue weighted by molar-refractivity contribution is 6.00. The van der Waals surface area contributed by atoms with Crippen molar-refractivity contribution in [2.24, 2.45) is 10.9 Å². The summed E-state index contributed by atoms with van der Waals surface area (Å²) in [5, 5.41) is 3.30. The first-order chi connectivity index (χ1) is 18.7. The number of ketones is 1. The molecular formula is C32H30N4O2. The predicted octanol–water partition coefficient (Wildman–Crippen LogP) is 7.07. The number of aromatic nitrogens is 2. The molecule has 1 aliphatic heterocycles. The molecule has 0 radical (unpaired) electrons. The third-order valence-electron chi connectivity index (χ3n) is 7.79. The Balaban J connectivity index is 1.25. The maximum Gasteiger partial charge on any atom is 0.169 e. The largest absolute Gasteiger partial charge is 0.457 e. The van der Waals surface area contributed by atoms with Crippen LogP contribution in [0.2, 0.25) is 0 Å². The van der Waals surface area contributed by atoms with E-state index in [-0.39, 0.29) is 17.1 Å². The van der Waals surface area contributed by atoms with Gasteiger partial charge in [0.15, 0.2) is 5.78 Å². The maximum absolute atomic E-state index is 13.8. The van der Waals surface area contributed by atoms with Crippen LogP contribution in [0, 0.1) is 5.92 Å². The highest BCUT2D eigenvalue weighted by Crippen LogP contribution is 2.46. The molecule has 38 heavy (non-hydrogen) atoms. The molecule has 3 aromatic carbocycles. The number of nitrogens with zero attached hydrogens (tertiary/aromatic N) is 2. The van der Waals surface area contributed by atoms with Gasteiger partial charge >= 0.3 is 0 Å². The molecule has 0 amide bonds. The SMILES string of the molecule is O=C(c1ccccc1Oc1ccccc1)C1CCC(Cc2c[nH]cn2)(c2ccc3c(c2)C=NC=CN3)CC1. The lowest BCUT2D eigenvalue weighted by Crippen LogP contribution is -2.36. The van der Waals surface area contributed by atoms with Gasteiger partial charge in [0.05, 0.1) is 17.6 Å². The van der Waals surface area contributed by atoms with Crippen LogP contribution in [-0.2, 0) is 11.8 Å². The topological polar surface area (TPSA) is 79.4 Å². The average molecular weight is 503 g/mol. The van der Waals surface area contributed by atoms with Crippen molar-refractivity contribution < 1.29 is 9.53 Å². The number of anilines is 1. The normalized spacial score (nSPS) is 20.3. The third kappa shape index (κ3) is 4.90. The Hall–Kier alpha value is -4.45. The molecule has 6 heteroatoms. The van der Waals surface area contributed by atoms with Crippen LogP contribution >= 0.6 is 0 Å². The molecule has 0 spiro atoms. The second-order valence-corrected chi connectivity index (χ2v) is 10.1. The molecule has 2 aliphatic rings. The molecule has 0 unspecified atom stereocenters. The summed E-state index contributed by atoms with van der Waals surface area (Å²) in [6, 6.07) is 23.8. The van der Waals surface area contributed by atoms with Gasteiger partial charge in [0.1, 0.15) is 11.5 Å². The van der Waals surface area contributed by atoms with Crippen molar-refractivity contribution in [3.8, 4) is 11.5 Å². The summed E-state index contributed by atoms with van der Waals surface area (Å²) in [6.45, 7) is 0. The minimum absolute atomic E-state index is 0.0453. The minimum atomic E-state index is -0.103. The van der Waals surface area contributed by atoms with E-state index in [1.165, 1.54) is 5.56 Å². The van der Waals surface area contributed by atoms with Gasteiger partial charge in [-0.25, -0.2) is 4.98 Å². The summed E-state index contributed by atoms with van der Waals surface area (Å²) in [5.41, 5.74) is 4.97. The average Bonchev–Trinajstić information content (AvgIpc) is 3.35. The van der Waals surface area contributed by atoms with E-state index in [9.17, 15) is 4.79 Å². The van der Waals surface area contributed by atoms with E-state index in [0.29, 0.717) is 11.3 Å². The predicted molar refractivity (Wildman–Crippen MR) is 150 cm³/mol. The van der Waals surface area contributed by atoms with Gasteiger partial charge in [-0.15, -0.1) is 0 Å². The van der Waals surface area contributed by atoms with Gasteiger partial charge in [0.25, 0.3) is 0 Å². The molecule has 1 saturated carbocycles. The number of nitrogens with one attached hydrogen (secondary N) is 2. The van der Waals surface area contributed by atoms with Gasteiger partial charge in [0.2, 0.25) is 0 Å². The molecule has 0 bridgehead atoms. The summed E-state index contributed by atoms with van der Waals surface area (Å²) >= 11 is 0. The van der Waals surface area contributed by atoms with Crippen LogP contribution in [0.15, 0.2) is 103 Å². The zero-order valence-electron chi connectivity index (χ0n) is 21.1. The summed E-state index contributed by atoms with van der Waals surface area (Å²) in [6.07, 6.45) is 13.5. The fourth-order valence-corrected chi connectivity index (χ4v) is 5.75. The monoisotopic (exact) mass is 502 g/mol. The van der Waals surface area contributed by atoms with E-state index in [1.54, 1.807) is 12.5 Å². The number of ether oxygens (including phenoxy) is 1. The number of carbonyl (C=O) groups is 1. The van der Waals surface area contributed by atoms with E-state index in [0.717, 1.165) is 54.8 Å². The maximum atomic E-state index is 13.8. The lowest BCUT2D eigenvalue weighted by Gasteiger charge is -2.40. The number of fused-ring (bicyclic) bond motifs is 1. The Morgan fingerprint density at radius 1 is 1.00 bits per heavy atom. The van der Waals surface area contributed by atoms with Crippen LogP contribution < -0.4 is 10.1 Å². The molecule has 0 saturated heterocycles. The molecule has 1 fully saturated rings.